The fraction of sp³-hybridized carbons (Fsp3) is 0.481. The van der Waals surface area contributed by atoms with Gasteiger partial charge in [0.05, 0.1) is 4.47 Å². The van der Waals surface area contributed by atoms with E-state index in [1.165, 1.54) is 5.56 Å². The maximum atomic E-state index is 13.3. The molecule has 2 amide bonds. The molecule has 2 aromatic carbocycles. The number of aryl methyl sites for hydroxylation is 1. The lowest BCUT2D eigenvalue weighted by Gasteiger charge is -2.29. The second kappa shape index (κ2) is 11.7. The molecule has 0 aliphatic carbocycles. The van der Waals surface area contributed by atoms with Crippen molar-refractivity contribution >= 4 is 27.7 Å². The highest BCUT2D eigenvalue weighted by molar-refractivity contribution is 9.10. The van der Waals surface area contributed by atoms with E-state index in [0.717, 1.165) is 15.6 Å². The molecule has 0 heterocycles. The molecule has 0 aliphatic rings. The highest BCUT2D eigenvalue weighted by Crippen LogP contribution is 2.31. The van der Waals surface area contributed by atoms with Gasteiger partial charge in [0.1, 0.15) is 11.8 Å². The van der Waals surface area contributed by atoms with Gasteiger partial charge in [-0.15, -0.1) is 0 Å². The molecule has 180 valence electrons. The third-order valence-electron chi connectivity index (χ3n) is 5.60. The molecule has 5 nitrogen and oxygen atoms in total. The largest absolute Gasteiger partial charge is 0.483 e. The number of halogens is 1. The van der Waals surface area contributed by atoms with Crippen LogP contribution in [0.25, 0.3) is 0 Å². The van der Waals surface area contributed by atoms with Crippen molar-refractivity contribution < 1.29 is 14.3 Å². The summed E-state index contributed by atoms with van der Waals surface area (Å²) in [4.78, 5) is 27.6. The van der Waals surface area contributed by atoms with Crippen LogP contribution in [0.1, 0.15) is 58.2 Å². The van der Waals surface area contributed by atoms with Crippen LogP contribution in [-0.4, -0.2) is 35.9 Å². The van der Waals surface area contributed by atoms with E-state index in [-0.39, 0.29) is 23.8 Å². The average Bonchev–Trinajstić information content (AvgIpc) is 2.74. The third-order valence-corrected chi connectivity index (χ3v) is 6.22. The van der Waals surface area contributed by atoms with Crippen molar-refractivity contribution in [3.63, 3.8) is 0 Å². The Morgan fingerprint density at radius 3 is 2.33 bits per heavy atom. The van der Waals surface area contributed by atoms with Gasteiger partial charge in [0, 0.05) is 13.1 Å². The Kier molecular flexibility index (Phi) is 9.53. The first kappa shape index (κ1) is 26.9. The van der Waals surface area contributed by atoms with Crippen molar-refractivity contribution in [1.29, 1.82) is 0 Å². The molecule has 0 bridgehead atoms. The van der Waals surface area contributed by atoms with Gasteiger partial charge in [0.25, 0.3) is 5.91 Å². The Balaban J connectivity index is 2.19. The summed E-state index contributed by atoms with van der Waals surface area (Å²) in [5, 5.41) is 2.94. The molecule has 0 aliphatic heterocycles. The van der Waals surface area contributed by atoms with E-state index in [4.69, 9.17) is 4.74 Å². The van der Waals surface area contributed by atoms with Gasteiger partial charge in [-0.25, -0.2) is 0 Å². The highest BCUT2D eigenvalue weighted by Gasteiger charge is 2.27. The zero-order chi connectivity index (χ0) is 24.8. The monoisotopic (exact) mass is 516 g/mol. The minimum absolute atomic E-state index is 0.0139. The van der Waals surface area contributed by atoms with Gasteiger partial charge < -0.3 is 15.0 Å². The number of amides is 2. The Labute approximate surface area is 207 Å². The summed E-state index contributed by atoms with van der Waals surface area (Å²) in [5.41, 5.74) is 3.27. The molecule has 1 unspecified atom stereocenters. The average molecular weight is 518 g/mol. The van der Waals surface area contributed by atoms with Gasteiger partial charge in [-0.05, 0) is 69.9 Å². The predicted molar refractivity (Wildman–Crippen MR) is 137 cm³/mol. The van der Waals surface area contributed by atoms with Crippen molar-refractivity contribution in [3.05, 3.63) is 63.6 Å². The third kappa shape index (κ3) is 7.88. The standard InChI is InChI=1S/C27H37BrN2O3/c1-18(2)15-29-26(32)20(4)30(16-21-11-9-8-10-19(21)3)25(31)17-33-24-13-12-22(14-23(24)28)27(5,6)7/h8-14,18,20H,15-17H2,1-7H3,(H,29,32). The number of carbonyl (C=O) groups excluding carboxylic acids is 2. The topological polar surface area (TPSA) is 58.6 Å². The van der Waals surface area contributed by atoms with E-state index in [9.17, 15) is 9.59 Å². The van der Waals surface area contributed by atoms with Crippen LogP contribution in [-0.2, 0) is 21.5 Å². The van der Waals surface area contributed by atoms with Crippen LogP contribution in [0, 0.1) is 12.8 Å². The number of benzene rings is 2. The lowest BCUT2D eigenvalue weighted by atomic mass is 9.87. The summed E-state index contributed by atoms with van der Waals surface area (Å²) in [5.74, 6) is 0.529. The quantitative estimate of drug-likeness (QED) is 0.470. The van der Waals surface area contributed by atoms with Gasteiger partial charge in [-0.2, -0.15) is 0 Å². The molecule has 0 radical (unpaired) electrons. The molecule has 0 spiro atoms. The van der Waals surface area contributed by atoms with Crippen molar-refractivity contribution in [2.75, 3.05) is 13.2 Å². The first-order chi connectivity index (χ1) is 15.4. The van der Waals surface area contributed by atoms with E-state index >= 15 is 0 Å². The Morgan fingerprint density at radius 2 is 1.76 bits per heavy atom. The summed E-state index contributed by atoms with van der Waals surface area (Å²) in [6, 6.07) is 13.2. The van der Waals surface area contributed by atoms with Crippen LogP contribution < -0.4 is 10.1 Å². The molecule has 0 fully saturated rings. The van der Waals surface area contributed by atoms with Crippen LogP contribution >= 0.6 is 15.9 Å². The second-order valence-electron chi connectivity index (χ2n) is 9.95. The maximum absolute atomic E-state index is 13.3. The summed E-state index contributed by atoms with van der Waals surface area (Å²) in [6.07, 6.45) is 0. The number of nitrogens with one attached hydrogen (secondary N) is 1. The van der Waals surface area contributed by atoms with Crippen molar-refractivity contribution in [1.82, 2.24) is 10.2 Å². The van der Waals surface area contributed by atoms with Crippen LogP contribution in [0.2, 0.25) is 0 Å². The van der Waals surface area contributed by atoms with Crippen LogP contribution in [0.3, 0.4) is 0 Å². The summed E-state index contributed by atoms with van der Waals surface area (Å²) >= 11 is 3.56. The van der Waals surface area contributed by atoms with Gasteiger partial charge >= 0.3 is 0 Å². The maximum Gasteiger partial charge on any atom is 0.261 e. The summed E-state index contributed by atoms with van der Waals surface area (Å²) < 4.78 is 6.68. The number of carbonyl (C=O) groups is 2. The fourth-order valence-electron chi connectivity index (χ4n) is 3.31. The Hall–Kier alpha value is -2.34. The van der Waals surface area contributed by atoms with Gasteiger partial charge in [0.15, 0.2) is 6.61 Å². The number of nitrogens with zero attached hydrogens (tertiary/aromatic N) is 1. The first-order valence-electron chi connectivity index (χ1n) is 11.4. The normalized spacial score (nSPS) is 12.4. The van der Waals surface area contributed by atoms with Gasteiger partial charge in [-0.3, -0.25) is 9.59 Å². The molecule has 0 saturated carbocycles. The lowest BCUT2D eigenvalue weighted by Crippen LogP contribution is -2.49. The van der Waals surface area contributed by atoms with Crippen LogP contribution in [0.4, 0.5) is 0 Å². The summed E-state index contributed by atoms with van der Waals surface area (Å²) in [7, 11) is 0. The van der Waals surface area contributed by atoms with Crippen molar-refractivity contribution in [2.24, 2.45) is 5.92 Å². The van der Waals surface area contributed by atoms with E-state index in [1.54, 1.807) is 11.8 Å². The zero-order valence-electron chi connectivity index (χ0n) is 20.9. The Morgan fingerprint density at radius 1 is 1.09 bits per heavy atom. The van der Waals surface area contributed by atoms with Gasteiger partial charge in [-0.1, -0.05) is 65.0 Å². The minimum atomic E-state index is -0.619. The minimum Gasteiger partial charge on any atom is -0.483 e. The predicted octanol–water partition coefficient (Wildman–Crippen LogP) is 5.62. The molecule has 33 heavy (non-hydrogen) atoms. The second-order valence-corrected chi connectivity index (χ2v) is 10.8. The smallest absolute Gasteiger partial charge is 0.261 e. The molecule has 1 N–H and O–H groups in total. The number of hydrogen-bond acceptors (Lipinski definition) is 3. The van der Waals surface area contributed by atoms with Crippen molar-refractivity contribution in [3.8, 4) is 5.75 Å². The fourth-order valence-corrected chi connectivity index (χ4v) is 3.81. The summed E-state index contributed by atoms with van der Waals surface area (Å²) in [6.45, 7) is 15.0. The van der Waals surface area contributed by atoms with Gasteiger partial charge in [0.2, 0.25) is 5.91 Å². The van der Waals surface area contributed by atoms with E-state index in [2.05, 4.69) is 42.0 Å². The molecular weight excluding hydrogens is 480 g/mol. The van der Waals surface area contributed by atoms with Crippen LogP contribution in [0.15, 0.2) is 46.9 Å². The van der Waals surface area contributed by atoms with E-state index in [0.29, 0.717) is 24.8 Å². The van der Waals surface area contributed by atoms with E-state index in [1.807, 2.05) is 63.2 Å². The van der Waals surface area contributed by atoms with Crippen LogP contribution in [0.5, 0.6) is 5.75 Å². The number of rotatable bonds is 9. The molecule has 0 aromatic heterocycles. The molecule has 6 heteroatoms. The van der Waals surface area contributed by atoms with E-state index < -0.39 is 6.04 Å². The number of hydrogen-bond donors (Lipinski definition) is 1. The highest BCUT2D eigenvalue weighted by atomic mass is 79.9. The molecule has 2 aromatic rings. The molecule has 0 saturated heterocycles. The first-order valence-corrected chi connectivity index (χ1v) is 12.2. The molecule has 2 rings (SSSR count). The van der Waals surface area contributed by atoms with Crippen molar-refractivity contribution in [2.45, 2.75) is 66.5 Å². The SMILES string of the molecule is Cc1ccccc1CN(C(=O)COc1ccc(C(C)(C)C)cc1Br)C(C)C(=O)NCC(C)C. The lowest BCUT2D eigenvalue weighted by molar-refractivity contribution is -0.142. The number of ether oxygens (including phenoxy) is 1. The molecular formula is C27H37BrN2O3. The molecule has 1 atom stereocenters. The zero-order valence-corrected chi connectivity index (χ0v) is 22.5. The Bertz CT molecular complexity index is 966.